The molecular formula is C33H28ClFN4O3S. The van der Waals surface area contributed by atoms with E-state index in [-0.39, 0.29) is 40.4 Å². The van der Waals surface area contributed by atoms with Crippen LogP contribution in [0.4, 0.5) is 4.39 Å². The average molecular weight is 615 g/mol. The van der Waals surface area contributed by atoms with E-state index in [1.165, 1.54) is 36.8 Å². The van der Waals surface area contributed by atoms with Gasteiger partial charge in [0.05, 0.1) is 11.9 Å². The zero-order chi connectivity index (χ0) is 30.0. The van der Waals surface area contributed by atoms with Crippen LogP contribution in [0.15, 0.2) is 121 Å². The van der Waals surface area contributed by atoms with E-state index in [0.29, 0.717) is 12.1 Å². The minimum absolute atomic E-state index is 0.0189. The molecule has 10 heteroatoms. The Morgan fingerprint density at radius 2 is 1.72 bits per heavy atom. The number of amides is 1. The molecule has 0 bridgehead atoms. The van der Waals surface area contributed by atoms with Gasteiger partial charge in [0, 0.05) is 43.2 Å². The highest BCUT2D eigenvalue weighted by Crippen LogP contribution is 2.38. The Hall–Kier alpha value is -4.31. The summed E-state index contributed by atoms with van der Waals surface area (Å²) in [6.45, 7) is 0.568. The van der Waals surface area contributed by atoms with Crippen molar-refractivity contribution in [1.82, 2.24) is 19.2 Å². The molecule has 3 heterocycles. The second kappa shape index (κ2) is 12.1. The number of carbonyl (C=O) groups is 1. The lowest BCUT2D eigenvalue weighted by atomic mass is 9.82. The number of benzene rings is 3. The molecule has 1 aliphatic heterocycles. The smallest absolute Gasteiger partial charge is 0.269 e. The molecule has 2 unspecified atom stereocenters. The minimum atomic E-state index is -4.10. The molecular weight excluding hydrogens is 587 g/mol. The van der Waals surface area contributed by atoms with Crippen LogP contribution < -0.4 is 5.32 Å². The van der Waals surface area contributed by atoms with Crippen LogP contribution in [0, 0.1) is 5.82 Å². The largest absolute Gasteiger partial charge is 0.321 e. The second-order valence-corrected chi connectivity index (χ2v) is 12.4. The van der Waals surface area contributed by atoms with Crippen LogP contribution >= 0.6 is 11.6 Å². The maximum absolute atomic E-state index is 15.0. The number of halogens is 2. The van der Waals surface area contributed by atoms with E-state index in [1.807, 2.05) is 48.5 Å². The van der Waals surface area contributed by atoms with Gasteiger partial charge >= 0.3 is 0 Å². The zero-order valence-electron chi connectivity index (χ0n) is 23.0. The highest BCUT2D eigenvalue weighted by molar-refractivity contribution is 7.90. The van der Waals surface area contributed by atoms with Gasteiger partial charge < -0.3 is 4.90 Å². The number of alkyl halides is 1. The zero-order valence-corrected chi connectivity index (χ0v) is 24.5. The molecule has 1 amide bonds. The van der Waals surface area contributed by atoms with E-state index in [0.717, 1.165) is 20.7 Å². The predicted octanol–water partition coefficient (Wildman–Crippen LogP) is 5.76. The van der Waals surface area contributed by atoms with Gasteiger partial charge in [0.1, 0.15) is 16.6 Å². The summed E-state index contributed by atoms with van der Waals surface area (Å²) >= 11 is 6.07. The normalized spacial score (nSPS) is 16.6. The number of fused-ring (bicyclic) bond motifs is 1. The van der Waals surface area contributed by atoms with E-state index in [9.17, 15) is 17.6 Å². The van der Waals surface area contributed by atoms with Crippen LogP contribution in [-0.4, -0.2) is 40.2 Å². The van der Waals surface area contributed by atoms with Gasteiger partial charge in [-0.2, -0.15) is 0 Å². The average Bonchev–Trinajstić information content (AvgIpc) is 3.48. The van der Waals surface area contributed by atoms with Crippen molar-refractivity contribution in [3.63, 3.8) is 0 Å². The minimum Gasteiger partial charge on any atom is -0.321 e. The van der Waals surface area contributed by atoms with Crippen molar-refractivity contribution in [2.24, 2.45) is 0 Å². The van der Waals surface area contributed by atoms with Gasteiger partial charge in [0.2, 0.25) is 5.91 Å². The number of hydrogen-bond acceptors (Lipinski definition) is 5. The molecule has 1 N–H and O–H groups in total. The fourth-order valence-corrected chi connectivity index (χ4v) is 7.19. The molecule has 2 aromatic heterocycles. The van der Waals surface area contributed by atoms with Crippen molar-refractivity contribution < 1.29 is 17.6 Å². The summed E-state index contributed by atoms with van der Waals surface area (Å²) in [5.74, 6) is -1.17. The first-order chi connectivity index (χ1) is 20.9. The molecule has 3 aromatic carbocycles. The molecule has 1 aliphatic rings. The standard InChI is InChI=1S/C33H28ClFN4O3S/c34-18-31(40)38-22-25-11-4-5-13-27(25)32(24-9-2-1-3-10-24)33(38)37-19-23-17-30(28-14-6-7-15-29(28)35)39(21-23)43(41,42)26-12-8-16-36-20-26/h1-17,20-21,32-33,37H,18-19,22H2. The van der Waals surface area contributed by atoms with Crippen molar-refractivity contribution in [2.45, 2.75) is 30.1 Å². The Balaban J connectivity index is 1.42. The van der Waals surface area contributed by atoms with Crippen molar-refractivity contribution >= 4 is 27.5 Å². The summed E-state index contributed by atoms with van der Waals surface area (Å²) < 4.78 is 43.5. The lowest BCUT2D eigenvalue weighted by Crippen LogP contribution is -2.54. The Kier molecular flexibility index (Phi) is 8.12. The van der Waals surface area contributed by atoms with Crippen molar-refractivity contribution in [3.05, 3.63) is 144 Å². The molecule has 2 atom stereocenters. The van der Waals surface area contributed by atoms with Crippen LogP contribution in [0.1, 0.15) is 28.2 Å². The van der Waals surface area contributed by atoms with E-state index in [2.05, 4.69) is 16.4 Å². The number of hydrogen-bond donors (Lipinski definition) is 1. The lowest BCUT2D eigenvalue weighted by Gasteiger charge is -2.43. The highest BCUT2D eigenvalue weighted by atomic mass is 35.5. The molecule has 6 rings (SSSR count). The molecule has 218 valence electrons. The third-order valence-corrected chi connectivity index (χ3v) is 9.56. The maximum atomic E-state index is 15.0. The van der Waals surface area contributed by atoms with Gasteiger partial charge in [0.25, 0.3) is 10.0 Å². The summed E-state index contributed by atoms with van der Waals surface area (Å²) in [6.07, 6.45) is 3.75. The highest BCUT2D eigenvalue weighted by Gasteiger charge is 2.38. The van der Waals surface area contributed by atoms with Crippen LogP contribution in [0.25, 0.3) is 11.3 Å². The third kappa shape index (κ3) is 5.59. The molecule has 5 aromatic rings. The van der Waals surface area contributed by atoms with Gasteiger partial charge in [0.15, 0.2) is 0 Å². The molecule has 43 heavy (non-hydrogen) atoms. The molecule has 0 spiro atoms. The van der Waals surface area contributed by atoms with E-state index >= 15 is 0 Å². The number of aromatic nitrogens is 2. The van der Waals surface area contributed by atoms with Gasteiger partial charge in [-0.25, -0.2) is 16.8 Å². The molecule has 7 nitrogen and oxygen atoms in total. The van der Waals surface area contributed by atoms with E-state index in [4.69, 9.17) is 11.6 Å². The van der Waals surface area contributed by atoms with Gasteiger partial charge in [-0.15, -0.1) is 11.6 Å². The molecule has 0 aliphatic carbocycles. The summed E-state index contributed by atoms with van der Waals surface area (Å²) in [5.41, 5.74) is 4.06. The van der Waals surface area contributed by atoms with Gasteiger partial charge in [-0.05, 0) is 52.6 Å². The number of rotatable bonds is 8. The topological polar surface area (TPSA) is 84.3 Å². The predicted molar refractivity (Wildman–Crippen MR) is 163 cm³/mol. The SMILES string of the molecule is O=C(CCl)N1Cc2ccccc2C(c2ccccc2)C1NCc1cc(-c2ccccc2F)n(S(=O)(=O)c2cccnc2)c1. The summed E-state index contributed by atoms with van der Waals surface area (Å²) in [6, 6.07) is 28.6. The van der Waals surface area contributed by atoms with Crippen molar-refractivity contribution in [2.75, 3.05) is 5.88 Å². The summed E-state index contributed by atoms with van der Waals surface area (Å²) in [5, 5.41) is 3.52. The number of nitrogens with zero attached hydrogens (tertiary/aromatic N) is 3. The molecule has 0 saturated carbocycles. The lowest BCUT2D eigenvalue weighted by molar-refractivity contribution is -0.133. The summed E-state index contributed by atoms with van der Waals surface area (Å²) in [4.78, 5) is 18.8. The summed E-state index contributed by atoms with van der Waals surface area (Å²) in [7, 11) is -4.10. The van der Waals surface area contributed by atoms with Crippen LogP contribution in [-0.2, 0) is 27.9 Å². The fourth-order valence-electron chi connectivity index (χ4n) is 5.68. The molecule has 0 radical (unpaired) electrons. The second-order valence-electron chi connectivity index (χ2n) is 10.3. The molecule has 0 saturated heterocycles. The van der Waals surface area contributed by atoms with Crippen LogP contribution in [0.5, 0.6) is 0 Å². The Labute approximate surface area is 254 Å². The number of pyridine rings is 1. The maximum Gasteiger partial charge on any atom is 0.269 e. The Bertz CT molecular complexity index is 1870. The van der Waals surface area contributed by atoms with Crippen molar-refractivity contribution in [1.29, 1.82) is 0 Å². The fraction of sp³-hybridized carbons (Fsp3) is 0.152. The quantitative estimate of drug-likeness (QED) is 0.225. The molecule has 0 fully saturated rings. The first-order valence-electron chi connectivity index (χ1n) is 13.7. The van der Waals surface area contributed by atoms with E-state index < -0.39 is 22.0 Å². The van der Waals surface area contributed by atoms with Crippen LogP contribution in [0.3, 0.4) is 0 Å². The van der Waals surface area contributed by atoms with Gasteiger partial charge in [-0.3, -0.25) is 15.1 Å². The van der Waals surface area contributed by atoms with Crippen molar-refractivity contribution in [3.8, 4) is 11.3 Å². The Morgan fingerprint density at radius 3 is 2.47 bits per heavy atom. The first kappa shape index (κ1) is 28.8. The monoisotopic (exact) mass is 614 g/mol. The van der Waals surface area contributed by atoms with E-state index in [1.54, 1.807) is 29.2 Å². The third-order valence-electron chi connectivity index (χ3n) is 7.67. The number of nitrogens with one attached hydrogen (secondary N) is 1. The van der Waals surface area contributed by atoms with Crippen LogP contribution in [0.2, 0.25) is 0 Å². The van der Waals surface area contributed by atoms with Gasteiger partial charge in [-0.1, -0.05) is 66.7 Å². The Morgan fingerprint density at radius 1 is 0.977 bits per heavy atom. The first-order valence-corrected chi connectivity index (χ1v) is 15.7. The number of carbonyl (C=O) groups excluding carboxylic acids is 1.